The first-order valence-electron chi connectivity index (χ1n) is 8.46. The SMILES string of the molecule is CC(C)(C)OC(=O)CCCc1cccc(-c2cccc(C(N)=O)c2)c1. The summed E-state index contributed by atoms with van der Waals surface area (Å²) in [5.41, 5.74) is 8.52. The fraction of sp³-hybridized carbons (Fsp3) is 0.333. The summed E-state index contributed by atoms with van der Waals surface area (Å²) in [6.45, 7) is 5.61. The van der Waals surface area contributed by atoms with Crippen molar-refractivity contribution in [2.45, 2.75) is 45.6 Å². The van der Waals surface area contributed by atoms with Crippen LogP contribution in [0, 0.1) is 0 Å². The molecule has 2 aromatic carbocycles. The van der Waals surface area contributed by atoms with E-state index in [0.717, 1.165) is 29.5 Å². The fourth-order valence-corrected chi connectivity index (χ4v) is 2.59. The van der Waals surface area contributed by atoms with E-state index in [2.05, 4.69) is 6.07 Å². The van der Waals surface area contributed by atoms with Gasteiger partial charge in [0.05, 0.1) is 0 Å². The predicted molar refractivity (Wildman–Crippen MR) is 99.2 cm³/mol. The summed E-state index contributed by atoms with van der Waals surface area (Å²) in [6, 6.07) is 15.4. The van der Waals surface area contributed by atoms with Crippen molar-refractivity contribution < 1.29 is 14.3 Å². The minimum Gasteiger partial charge on any atom is -0.460 e. The molecule has 132 valence electrons. The number of carbonyl (C=O) groups excluding carboxylic acids is 2. The first-order valence-corrected chi connectivity index (χ1v) is 8.46. The molecule has 0 aliphatic rings. The molecule has 4 heteroatoms. The summed E-state index contributed by atoms with van der Waals surface area (Å²) in [7, 11) is 0. The van der Waals surface area contributed by atoms with Crippen LogP contribution in [0.25, 0.3) is 11.1 Å². The van der Waals surface area contributed by atoms with Crippen molar-refractivity contribution in [2.75, 3.05) is 0 Å². The standard InChI is InChI=1S/C21H25NO3/c1-21(2,3)25-19(23)12-5-8-15-7-4-9-16(13-15)17-10-6-11-18(14-17)20(22)24/h4,6-7,9-11,13-14H,5,8,12H2,1-3H3,(H2,22,24). The maximum atomic E-state index is 11.8. The highest BCUT2D eigenvalue weighted by molar-refractivity contribution is 5.94. The van der Waals surface area contributed by atoms with Gasteiger partial charge >= 0.3 is 5.97 Å². The zero-order valence-corrected chi connectivity index (χ0v) is 15.0. The maximum absolute atomic E-state index is 11.8. The van der Waals surface area contributed by atoms with Crippen LogP contribution >= 0.6 is 0 Å². The number of primary amides is 1. The number of rotatable bonds is 6. The Hall–Kier alpha value is -2.62. The molecule has 4 nitrogen and oxygen atoms in total. The lowest BCUT2D eigenvalue weighted by Gasteiger charge is -2.19. The summed E-state index contributed by atoms with van der Waals surface area (Å²) in [6.07, 6.45) is 1.93. The molecule has 0 unspecified atom stereocenters. The van der Waals surface area contributed by atoms with E-state index >= 15 is 0 Å². The lowest BCUT2D eigenvalue weighted by Crippen LogP contribution is -2.23. The van der Waals surface area contributed by atoms with Crippen molar-refractivity contribution >= 4 is 11.9 Å². The molecule has 2 N–H and O–H groups in total. The number of benzene rings is 2. The van der Waals surface area contributed by atoms with E-state index in [1.54, 1.807) is 12.1 Å². The molecule has 1 amide bonds. The number of hydrogen-bond donors (Lipinski definition) is 1. The van der Waals surface area contributed by atoms with Crippen LogP contribution in [-0.4, -0.2) is 17.5 Å². The van der Waals surface area contributed by atoms with Gasteiger partial charge < -0.3 is 10.5 Å². The highest BCUT2D eigenvalue weighted by Crippen LogP contribution is 2.22. The van der Waals surface area contributed by atoms with E-state index < -0.39 is 11.5 Å². The Morgan fingerprint density at radius 2 is 1.64 bits per heavy atom. The van der Waals surface area contributed by atoms with Gasteiger partial charge in [0.15, 0.2) is 0 Å². The van der Waals surface area contributed by atoms with Crippen molar-refractivity contribution in [2.24, 2.45) is 5.73 Å². The fourth-order valence-electron chi connectivity index (χ4n) is 2.59. The third-order valence-corrected chi connectivity index (χ3v) is 3.67. The normalized spacial score (nSPS) is 11.2. The van der Waals surface area contributed by atoms with Crippen LogP contribution in [0.1, 0.15) is 49.5 Å². The van der Waals surface area contributed by atoms with Gasteiger partial charge in [-0.3, -0.25) is 9.59 Å². The number of aryl methyl sites for hydroxylation is 1. The minimum absolute atomic E-state index is 0.169. The number of hydrogen-bond acceptors (Lipinski definition) is 3. The summed E-state index contributed by atoms with van der Waals surface area (Å²) < 4.78 is 5.32. The van der Waals surface area contributed by atoms with Gasteiger partial charge in [-0.1, -0.05) is 36.4 Å². The van der Waals surface area contributed by atoms with E-state index in [0.29, 0.717) is 12.0 Å². The second-order valence-corrected chi connectivity index (χ2v) is 7.09. The lowest BCUT2D eigenvalue weighted by atomic mass is 9.99. The van der Waals surface area contributed by atoms with Crippen molar-refractivity contribution in [1.82, 2.24) is 0 Å². The Morgan fingerprint density at radius 1 is 1.00 bits per heavy atom. The third kappa shape index (κ3) is 6.07. The summed E-state index contributed by atoms with van der Waals surface area (Å²) in [5, 5.41) is 0. The highest BCUT2D eigenvalue weighted by Gasteiger charge is 2.15. The topological polar surface area (TPSA) is 69.4 Å². The third-order valence-electron chi connectivity index (χ3n) is 3.67. The largest absolute Gasteiger partial charge is 0.460 e. The van der Waals surface area contributed by atoms with Crippen molar-refractivity contribution in [3.05, 3.63) is 59.7 Å². The lowest BCUT2D eigenvalue weighted by molar-refractivity contribution is -0.154. The van der Waals surface area contributed by atoms with Gasteiger partial charge in [0.1, 0.15) is 5.60 Å². The molecular formula is C21H25NO3. The van der Waals surface area contributed by atoms with Gasteiger partial charge in [-0.2, -0.15) is 0 Å². The molecule has 0 aliphatic heterocycles. The van der Waals surface area contributed by atoms with Crippen LogP contribution in [-0.2, 0) is 16.0 Å². The van der Waals surface area contributed by atoms with Crippen LogP contribution in [0.4, 0.5) is 0 Å². The van der Waals surface area contributed by atoms with Crippen LogP contribution in [0.3, 0.4) is 0 Å². The number of ether oxygens (including phenoxy) is 1. The van der Waals surface area contributed by atoms with Gasteiger partial charge in [0.25, 0.3) is 0 Å². The van der Waals surface area contributed by atoms with E-state index in [1.165, 1.54) is 0 Å². The average molecular weight is 339 g/mol. The molecule has 2 rings (SSSR count). The Balaban J connectivity index is 2.01. The summed E-state index contributed by atoms with van der Waals surface area (Å²) >= 11 is 0. The minimum atomic E-state index is -0.442. The van der Waals surface area contributed by atoms with E-state index in [-0.39, 0.29) is 5.97 Å². The van der Waals surface area contributed by atoms with Crippen molar-refractivity contribution in [3.63, 3.8) is 0 Å². The number of esters is 1. The summed E-state index contributed by atoms with van der Waals surface area (Å²) in [4.78, 5) is 23.1. The monoisotopic (exact) mass is 339 g/mol. The van der Waals surface area contributed by atoms with Gasteiger partial charge in [0, 0.05) is 12.0 Å². The average Bonchev–Trinajstić information content (AvgIpc) is 2.53. The van der Waals surface area contributed by atoms with Gasteiger partial charge in [-0.15, -0.1) is 0 Å². The first kappa shape index (κ1) is 18.7. The number of nitrogens with two attached hydrogens (primary N) is 1. The molecule has 0 aliphatic carbocycles. The molecule has 0 bridgehead atoms. The molecule has 0 saturated heterocycles. The first-order chi connectivity index (χ1) is 11.7. The van der Waals surface area contributed by atoms with Gasteiger partial charge in [-0.25, -0.2) is 0 Å². The molecule has 0 heterocycles. The quantitative estimate of drug-likeness (QED) is 0.805. The van der Waals surface area contributed by atoms with Crippen molar-refractivity contribution in [1.29, 1.82) is 0 Å². The molecular weight excluding hydrogens is 314 g/mol. The molecule has 0 spiro atoms. The van der Waals surface area contributed by atoms with Gasteiger partial charge in [-0.05, 0) is 62.4 Å². The van der Waals surface area contributed by atoms with Crippen LogP contribution in [0.15, 0.2) is 48.5 Å². The molecule has 0 saturated carbocycles. The molecule has 0 fully saturated rings. The Labute approximate surface area is 149 Å². The Kier molecular flexibility index (Phi) is 5.97. The predicted octanol–water partition coefficient (Wildman–Crippen LogP) is 4.12. The smallest absolute Gasteiger partial charge is 0.306 e. The van der Waals surface area contributed by atoms with E-state index in [4.69, 9.17) is 10.5 Å². The van der Waals surface area contributed by atoms with Crippen LogP contribution in [0.5, 0.6) is 0 Å². The number of amides is 1. The second kappa shape index (κ2) is 7.97. The summed E-state index contributed by atoms with van der Waals surface area (Å²) in [5.74, 6) is -0.604. The second-order valence-electron chi connectivity index (χ2n) is 7.09. The zero-order chi connectivity index (χ0) is 18.4. The maximum Gasteiger partial charge on any atom is 0.306 e. The van der Waals surface area contributed by atoms with Gasteiger partial charge in [0.2, 0.25) is 5.91 Å². The highest BCUT2D eigenvalue weighted by atomic mass is 16.6. The molecule has 25 heavy (non-hydrogen) atoms. The Morgan fingerprint density at radius 3 is 2.28 bits per heavy atom. The number of carbonyl (C=O) groups is 2. The Bertz CT molecular complexity index is 760. The molecule has 0 aromatic heterocycles. The molecule has 0 atom stereocenters. The van der Waals surface area contributed by atoms with E-state index in [1.807, 2.05) is 51.1 Å². The van der Waals surface area contributed by atoms with Crippen LogP contribution in [0.2, 0.25) is 0 Å². The van der Waals surface area contributed by atoms with E-state index in [9.17, 15) is 9.59 Å². The zero-order valence-electron chi connectivity index (χ0n) is 15.0. The molecule has 2 aromatic rings. The van der Waals surface area contributed by atoms with Crippen molar-refractivity contribution in [3.8, 4) is 11.1 Å². The van der Waals surface area contributed by atoms with Crippen LogP contribution < -0.4 is 5.73 Å². The molecule has 0 radical (unpaired) electrons.